The Balaban J connectivity index is 1.71. The zero-order valence-electron chi connectivity index (χ0n) is 13.3. The summed E-state index contributed by atoms with van der Waals surface area (Å²) >= 11 is 0. The first kappa shape index (κ1) is 14.4. The van der Waals surface area contributed by atoms with Crippen LogP contribution in [-0.4, -0.2) is 19.7 Å². The summed E-state index contributed by atoms with van der Waals surface area (Å²) in [6.07, 6.45) is 5.33. The minimum absolute atomic E-state index is 0.0729. The molecule has 0 aliphatic rings. The molecule has 0 aliphatic carbocycles. The second-order valence-corrected chi connectivity index (χ2v) is 5.61. The van der Waals surface area contributed by atoms with E-state index in [9.17, 15) is 0 Å². The summed E-state index contributed by atoms with van der Waals surface area (Å²) in [6.45, 7) is 2.12. The third-order valence-electron chi connectivity index (χ3n) is 4.05. The fraction of sp³-hybridized carbons (Fsp3) is 0.105. The average Bonchev–Trinajstić information content (AvgIpc) is 3.16. The molecule has 2 heterocycles. The zero-order valence-corrected chi connectivity index (χ0v) is 13.3. The minimum atomic E-state index is 0.0729. The highest BCUT2D eigenvalue weighted by atomic mass is 15.3. The second-order valence-electron chi connectivity index (χ2n) is 5.61. The van der Waals surface area contributed by atoms with Gasteiger partial charge in [-0.25, -0.2) is 14.6 Å². The molecule has 0 aliphatic heterocycles. The summed E-state index contributed by atoms with van der Waals surface area (Å²) in [5, 5.41) is 8.88. The SMILES string of the molecule is CC(Nc1ncnc2ccccc12)c1ccccc1-n1cccn1. The minimum Gasteiger partial charge on any atom is -0.363 e. The van der Waals surface area contributed by atoms with E-state index in [0.717, 1.165) is 28.0 Å². The van der Waals surface area contributed by atoms with Crippen molar-refractivity contribution >= 4 is 16.7 Å². The average molecular weight is 315 g/mol. The second kappa shape index (κ2) is 6.12. The smallest absolute Gasteiger partial charge is 0.137 e. The zero-order chi connectivity index (χ0) is 16.4. The lowest BCUT2D eigenvalue weighted by Crippen LogP contribution is -2.12. The fourth-order valence-electron chi connectivity index (χ4n) is 2.88. The van der Waals surface area contributed by atoms with Gasteiger partial charge in [0, 0.05) is 17.8 Å². The van der Waals surface area contributed by atoms with E-state index in [2.05, 4.69) is 39.4 Å². The van der Waals surface area contributed by atoms with E-state index in [1.54, 1.807) is 12.5 Å². The Kier molecular flexibility index (Phi) is 3.67. The van der Waals surface area contributed by atoms with Gasteiger partial charge in [0.2, 0.25) is 0 Å². The van der Waals surface area contributed by atoms with Crippen molar-refractivity contribution in [3.05, 3.63) is 78.9 Å². The van der Waals surface area contributed by atoms with Crippen LogP contribution in [0.2, 0.25) is 0 Å². The first-order chi connectivity index (χ1) is 11.8. The molecule has 1 unspecified atom stereocenters. The van der Waals surface area contributed by atoms with Gasteiger partial charge in [0.1, 0.15) is 12.1 Å². The van der Waals surface area contributed by atoms with Crippen LogP contribution in [0.5, 0.6) is 0 Å². The summed E-state index contributed by atoms with van der Waals surface area (Å²) in [5.74, 6) is 0.836. The van der Waals surface area contributed by atoms with Crippen LogP contribution >= 0.6 is 0 Å². The maximum absolute atomic E-state index is 4.42. The van der Waals surface area contributed by atoms with Crippen molar-refractivity contribution in [3.63, 3.8) is 0 Å². The van der Waals surface area contributed by atoms with Gasteiger partial charge in [-0.1, -0.05) is 30.3 Å². The Bertz CT molecular complexity index is 957. The monoisotopic (exact) mass is 315 g/mol. The van der Waals surface area contributed by atoms with E-state index >= 15 is 0 Å². The van der Waals surface area contributed by atoms with Crippen molar-refractivity contribution in [2.24, 2.45) is 0 Å². The first-order valence-corrected chi connectivity index (χ1v) is 7.88. The van der Waals surface area contributed by atoms with E-state index in [4.69, 9.17) is 0 Å². The van der Waals surface area contributed by atoms with Gasteiger partial charge in [-0.15, -0.1) is 0 Å². The predicted molar refractivity (Wildman–Crippen MR) is 95.1 cm³/mol. The maximum atomic E-state index is 4.42. The highest BCUT2D eigenvalue weighted by molar-refractivity contribution is 5.88. The van der Waals surface area contributed by atoms with Crippen molar-refractivity contribution < 1.29 is 0 Å². The van der Waals surface area contributed by atoms with Gasteiger partial charge < -0.3 is 5.32 Å². The maximum Gasteiger partial charge on any atom is 0.137 e. The van der Waals surface area contributed by atoms with E-state index in [0.29, 0.717) is 0 Å². The van der Waals surface area contributed by atoms with Gasteiger partial charge in [-0.2, -0.15) is 5.10 Å². The number of hydrogen-bond acceptors (Lipinski definition) is 4. The highest BCUT2D eigenvalue weighted by Gasteiger charge is 2.13. The lowest BCUT2D eigenvalue weighted by Gasteiger charge is -2.19. The molecule has 0 fully saturated rings. The number of fused-ring (bicyclic) bond motifs is 1. The number of nitrogens with one attached hydrogen (secondary N) is 1. The van der Waals surface area contributed by atoms with Crippen molar-refractivity contribution in [1.82, 2.24) is 19.7 Å². The van der Waals surface area contributed by atoms with Crippen molar-refractivity contribution in [2.45, 2.75) is 13.0 Å². The lowest BCUT2D eigenvalue weighted by molar-refractivity contribution is 0.815. The molecule has 118 valence electrons. The predicted octanol–water partition coefficient (Wildman–Crippen LogP) is 3.99. The Labute approximate surface area is 140 Å². The molecule has 1 atom stereocenters. The van der Waals surface area contributed by atoms with Gasteiger partial charge in [-0.3, -0.25) is 0 Å². The van der Waals surface area contributed by atoms with Crippen LogP contribution in [-0.2, 0) is 0 Å². The molecule has 5 nitrogen and oxygen atoms in total. The van der Waals surface area contributed by atoms with Gasteiger partial charge >= 0.3 is 0 Å². The summed E-state index contributed by atoms with van der Waals surface area (Å²) in [6, 6.07) is 18.2. The van der Waals surface area contributed by atoms with E-state index < -0.39 is 0 Å². The largest absolute Gasteiger partial charge is 0.363 e. The molecule has 4 aromatic rings. The van der Waals surface area contributed by atoms with Crippen LogP contribution in [0.25, 0.3) is 16.6 Å². The molecule has 1 N–H and O–H groups in total. The molecular formula is C19H17N5. The summed E-state index contributed by atoms with van der Waals surface area (Å²) < 4.78 is 1.88. The Morgan fingerprint density at radius 2 is 1.79 bits per heavy atom. The van der Waals surface area contributed by atoms with Gasteiger partial charge in [-0.05, 0) is 36.8 Å². The Morgan fingerprint density at radius 3 is 2.67 bits per heavy atom. The quantitative estimate of drug-likeness (QED) is 0.619. The number of para-hydroxylation sites is 2. The third kappa shape index (κ3) is 2.60. The lowest BCUT2D eigenvalue weighted by atomic mass is 10.1. The fourth-order valence-corrected chi connectivity index (χ4v) is 2.88. The molecule has 0 spiro atoms. The number of anilines is 1. The molecule has 0 radical (unpaired) electrons. The number of nitrogens with zero attached hydrogens (tertiary/aromatic N) is 4. The molecule has 0 saturated heterocycles. The Morgan fingerprint density at radius 1 is 0.958 bits per heavy atom. The normalized spacial score (nSPS) is 12.2. The van der Waals surface area contributed by atoms with E-state index in [1.807, 2.05) is 53.3 Å². The van der Waals surface area contributed by atoms with E-state index in [-0.39, 0.29) is 6.04 Å². The van der Waals surface area contributed by atoms with Crippen LogP contribution in [0.15, 0.2) is 73.3 Å². The van der Waals surface area contributed by atoms with Gasteiger partial charge in [0.25, 0.3) is 0 Å². The standard InChI is InChI=1S/C19H17N5/c1-14(15-7-3-5-10-18(15)24-12-6-11-22-24)23-19-16-8-2-4-9-17(16)20-13-21-19/h2-14H,1H3,(H,20,21,23). The first-order valence-electron chi connectivity index (χ1n) is 7.88. The van der Waals surface area contributed by atoms with Gasteiger partial charge in [0.05, 0.1) is 17.2 Å². The molecule has 2 aromatic carbocycles. The number of hydrogen-bond donors (Lipinski definition) is 1. The van der Waals surface area contributed by atoms with Crippen LogP contribution in [0.3, 0.4) is 0 Å². The number of rotatable bonds is 4. The molecule has 2 aromatic heterocycles. The summed E-state index contributed by atoms with van der Waals surface area (Å²) in [5.41, 5.74) is 3.15. The third-order valence-corrected chi connectivity index (χ3v) is 4.05. The summed E-state index contributed by atoms with van der Waals surface area (Å²) in [7, 11) is 0. The highest BCUT2D eigenvalue weighted by Crippen LogP contribution is 2.26. The number of benzene rings is 2. The van der Waals surface area contributed by atoms with Crippen LogP contribution < -0.4 is 5.32 Å². The van der Waals surface area contributed by atoms with Crippen molar-refractivity contribution in [3.8, 4) is 5.69 Å². The molecule has 0 saturated carbocycles. The molecule has 5 heteroatoms. The van der Waals surface area contributed by atoms with Crippen LogP contribution in [0, 0.1) is 0 Å². The molecule has 24 heavy (non-hydrogen) atoms. The van der Waals surface area contributed by atoms with Gasteiger partial charge in [0.15, 0.2) is 0 Å². The Hall–Kier alpha value is -3.21. The summed E-state index contributed by atoms with van der Waals surface area (Å²) in [4.78, 5) is 8.73. The molecule has 0 bridgehead atoms. The van der Waals surface area contributed by atoms with Crippen LogP contribution in [0.1, 0.15) is 18.5 Å². The molecule has 0 amide bonds. The van der Waals surface area contributed by atoms with Crippen molar-refractivity contribution in [1.29, 1.82) is 0 Å². The number of aromatic nitrogens is 4. The molecule has 4 rings (SSSR count). The van der Waals surface area contributed by atoms with Crippen LogP contribution in [0.4, 0.5) is 5.82 Å². The van der Waals surface area contributed by atoms with Crippen molar-refractivity contribution in [2.75, 3.05) is 5.32 Å². The van der Waals surface area contributed by atoms with E-state index in [1.165, 1.54) is 0 Å². The topological polar surface area (TPSA) is 55.6 Å². The molecular weight excluding hydrogens is 298 g/mol.